The molecule has 3 rings (SSSR count). The second kappa shape index (κ2) is 3.61. The lowest BCUT2D eigenvalue weighted by molar-refractivity contribution is 0.230. The number of aromatic amines is 1. The number of aliphatic hydroxyl groups is 1. The molecule has 1 aliphatic rings. The Morgan fingerprint density at radius 3 is 2.88 bits per heavy atom. The van der Waals surface area contributed by atoms with Gasteiger partial charge in [0, 0.05) is 29.2 Å². The number of nitrogens with one attached hydrogen (secondary N) is 2. The molecule has 0 atom stereocenters. The van der Waals surface area contributed by atoms with Crippen molar-refractivity contribution in [2.75, 3.05) is 6.61 Å². The van der Waals surface area contributed by atoms with Crippen LogP contribution in [0.15, 0.2) is 30.5 Å². The van der Waals surface area contributed by atoms with Crippen molar-refractivity contribution in [2.45, 2.75) is 24.9 Å². The van der Waals surface area contributed by atoms with E-state index in [9.17, 15) is 5.11 Å². The second-order valence-electron chi connectivity index (χ2n) is 4.65. The van der Waals surface area contributed by atoms with Crippen LogP contribution in [0.2, 0.25) is 0 Å². The SMILES string of the molecule is OCC1(NCc2c[nH]c3ccccc23)CC1. The van der Waals surface area contributed by atoms with Crippen LogP contribution in [0.1, 0.15) is 18.4 Å². The lowest BCUT2D eigenvalue weighted by atomic mass is 10.1. The molecule has 0 radical (unpaired) electrons. The van der Waals surface area contributed by atoms with Crippen LogP contribution in [0.3, 0.4) is 0 Å². The molecule has 0 amide bonds. The van der Waals surface area contributed by atoms with E-state index in [2.05, 4.69) is 28.5 Å². The molecule has 1 aliphatic carbocycles. The van der Waals surface area contributed by atoms with E-state index >= 15 is 0 Å². The third-order valence-corrected chi connectivity index (χ3v) is 3.48. The van der Waals surface area contributed by atoms with Gasteiger partial charge in [0.05, 0.1) is 6.61 Å². The summed E-state index contributed by atoms with van der Waals surface area (Å²) in [5.74, 6) is 0. The summed E-state index contributed by atoms with van der Waals surface area (Å²) >= 11 is 0. The molecule has 0 aliphatic heterocycles. The number of aromatic nitrogens is 1. The zero-order valence-corrected chi connectivity index (χ0v) is 9.16. The molecule has 3 heteroatoms. The average molecular weight is 216 g/mol. The van der Waals surface area contributed by atoms with Gasteiger partial charge in [0.15, 0.2) is 0 Å². The van der Waals surface area contributed by atoms with Crippen LogP contribution in [0, 0.1) is 0 Å². The molecular formula is C13H16N2O. The van der Waals surface area contributed by atoms with Crippen molar-refractivity contribution in [1.82, 2.24) is 10.3 Å². The van der Waals surface area contributed by atoms with Gasteiger partial charge in [-0.1, -0.05) is 18.2 Å². The first-order chi connectivity index (χ1) is 7.83. The fourth-order valence-corrected chi connectivity index (χ4v) is 2.10. The monoisotopic (exact) mass is 216 g/mol. The molecule has 3 nitrogen and oxygen atoms in total. The Kier molecular flexibility index (Phi) is 2.23. The third-order valence-electron chi connectivity index (χ3n) is 3.48. The Labute approximate surface area is 94.5 Å². The minimum Gasteiger partial charge on any atom is -0.394 e. The van der Waals surface area contributed by atoms with Crippen molar-refractivity contribution >= 4 is 10.9 Å². The molecule has 1 aromatic carbocycles. The predicted molar refractivity (Wildman–Crippen MR) is 64.2 cm³/mol. The largest absolute Gasteiger partial charge is 0.394 e. The van der Waals surface area contributed by atoms with Crippen molar-refractivity contribution in [3.8, 4) is 0 Å². The molecular weight excluding hydrogens is 200 g/mol. The Hall–Kier alpha value is -1.32. The minimum absolute atomic E-state index is 0.0123. The van der Waals surface area contributed by atoms with Gasteiger partial charge in [-0.2, -0.15) is 0 Å². The maximum atomic E-state index is 9.23. The third kappa shape index (κ3) is 1.62. The number of rotatable bonds is 4. The molecule has 0 bridgehead atoms. The summed E-state index contributed by atoms with van der Waals surface area (Å²) < 4.78 is 0. The fourth-order valence-electron chi connectivity index (χ4n) is 2.10. The van der Waals surface area contributed by atoms with E-state index < -0.39 is 0 Å². The fraction of sp³-hybridized carbons (Fsp3) is 0.385. The van der Waals surface area contributed by atoms with Crippen molar-refractivity contribution < 1.29 is 5.11 Å². The van der Waals surface area contributed by atoms with Crippen molar-refractivity contribution in [1.29, 1.82) is 0 Å². The standard InChI is InChI=1S/C13H16N2O/c16-9-13(5-6-13)15-8-10-7-14-12-4-2-1-3-11(10)12/h1-4,7,14-16H,5-6,8-9H2. The quantitative estimate of drug-likeness (QED) is 0.729. The highest BCUT2D eigenvalue weighted by Gasteiger charge is 2.41. The molecule has 1 heterocycles. The van der Waals surface area contributed by atoms with E-state index in [0.717, 1.165) is 19.4 Å². The topological polar surface area (TPSA) is 48.0 Å². The lowest BCUT2D eigenvalue weighted by Gasteiger charge is -2.13. The minimum atomic E-state index is 0.0123. The molecule has 1 saturated carbocycles. The van der Waals surface area contributed by atoms with Gasteiger partial charge >= 0.3 is 0 Å². The van der Waals surface area contributed by atoms with Gasteiger partial charge in [0.1, 0.15) is 0 Å². The van der Waals surface area contributed by atoms with Crippen LogP contribution in [-0.4, -0.2) is 22.2 Å². The predicted octanol–water partition coefficient (Wildman–Crippen LogP) is 1.78. The van der Waals surface area contributed by atoms with Crippen LogP contribution in [0.4, 0.5) is 0 Å². The first-order valence-electron chi connectivity index (χ1n) is 5.74. The van der Waals surface area contributed by atoms with E-state index in [4.69, 9.17) is 0 Å². The molecule has 16 heavy (non-hydrogen) atoms. The van der Waals surface area contributed by atoms with Crippen LogP contribution < -0.4 is 5.32 Å². The smallest absolute Gasteiger partial charge is 0.0613 e. The van der Waals surface area contributed by atoms with Gasteiger partial charge in [0.25, 0.3) is 0 Å². The van der Waals surface area contributed by atoms with Crippen LogP contribution >= 0.6 is 0 Å². The molecule has 0 spiro atoms. The van der Waals surface area contributed by atoms with Gasteiger partial charge in [0.2, 0.25) is 0 Å². The van der Waals surface area contributed by atoms with E-state index in [1.54, 1.807) is 0 Å². The number of hydrogen-bond donors (Lipinski definition) is 3. The number of para-hydroxylation sites is 1. The normalized spacial score (nSPS) is 17.8. The number of benzene rings is 1. The summed E-state index contributed by atoms with van der Waals surface area (Å²) in [6, 6.07) is 8.30. The van der Waals surface area contributed by atoms with Crippen LogP contribution in [0.25, 0.3) is 10.9 Å². The highest BCUT2D eigenvalue weighted by molar-refractivity contribution is 5.82. The highest BCUT2D eigenvalue weighted by atomic mass is 16.3. The molecule has 3 N–H and O–H groups in total. The summed E-state index contributed by atoms with van der Waals surface area (Å²) in [6.07, 6.45) is 4.23. The zero-order chi connectivity index (χ0) is 11.0. The molecule has 84 valence electrons. The Morgan fingerprint density at radius 2 is 2.12 bits per heavy atom. The first kappa shape index (κ1) is 9.87. The highest BCUT2D eigenvalue weighted by Crippen LogP contribution is 2.35. The molecule has 0 unspecified atom stereocenters. The first-order valence-corrected chi connectivity index (χ1v) is 5.74. The van der Waals surface area contributed by atoms with E-state index in [1.807, 2.05) is 12.3 Å². The van der Waals surface area contributed by atoms with E-state index in [1.165, 1.54) is 16.5 Å². The molecule has 1 aromatic heterocycles. The Balaban J connectivity index is 1.79. The summed E-state index contributed by atoms with van der Waals surface area (Å²) in [6.45, 7) is 1.07. The van der Waals surface area contributed by atoms with Gasteiger partial charge in [-0.3, -0.25) is 0 Å². The van der Waals surface area contributed by atoms with Crippen molar-refractivity contribution in [3.05, 3.63) is 36.0 Å². The van der Waals surface area contributed by atoms with Crippen molar-refractivity contribution in [3.63, 3.8) is 0 Å². The number of H-pyrrole nitrogens is 1. The van der Waals surface area contributed by atoms with Gasteiger partial charge in [-0.05, 0) is 24.5 Å². The van der Waals surface area contributed by atoms with Crippen LogP contribution in [-0.2, 0) is 6.54 Å². The van der Waals surface area contributed by atoms with Gasteiger partial charge in [-0.15, -0.1) is 0 Å². The Morgan fingerprint density at radius 1 is 1.31 bits per heavy atom. The molecule has 1 fully saturated rings. The summed E-state index contributed by atoms with van der Waals surface area (Å²) in [7, 11) is 0. The maximum Gasteiger partial charge on any atom is 0.0613 e. The van der Waals surface area contributed by atoms with Gasteiger partial charge in [-0.25, -0.2) is 0 Å². The molecule has 0 saturated heterocycles. The van der Waals surface area contributed by atoms with E-state index in [-0.39, 0.29) is 12.1 Å². The summed E-state index contributed by atoms with van der Waals surface area (Å²) in [5, 5.41) is 13.9. The lowest BCUT2D eigenvalue weighted by Crippen LogP contribution is -2.34. The number of aliphatic hydroxyl groups excluding tert-OH is 1. The second-order valence-corrected chi connectivity index (χ2v) is 4.65. The van der Waals surface area contributed by atoms with E-state index in [0.29, 0.717) is 0 Å². The number of hydrogen-bond acceptors (Lipinski definition) is 2. The summed E-state index contributed by atoms with van der Waals surface area (Å²) in [5.41, 5.74) is 2.46. The maximum absolute atomic E-state index is 9.23. The summed E-state index contributed by atoms with van der Waals surface area (Å²) in [4.78, 5) is 3.26. The van der Waals surface area contributed by atoms with Crippen molar-refractivity contribution in [2.24, 2.45) is 0 Å². The zero-order valence-electron chi connectivity index (χ0n) is 9.16. The molecule has 2 aromatic rings. The average Bonchev–Trinajstić information content (AvgIpc) is 3.01. The van der Waals surface area contributed by atoms with Crippen LogP contribution in [0.5, 0.6) is 0 Å². The number of fused-ring (bicyclic) bond motifs is 1. The Bertz CT molecular complexity index is 499. The van der Waals surface area contributed by atoms with Gasteiger partial charge < -0.3 is 15.4 Å².